The van der Waals surface area contributed by atoms with E-state index < -0.39 is 12.3 Å². The highest BCUT2D eigenvalue weighted by Crippen LogP contribution is 2.32. The van der Waals surface area contributed by atoms with Crippen molar-refractivity contribution in [1.82, 2.24) is 5.32 Å². The summed E-state index contributed by atoms with van der Waals surface area (Å²) < 4.78 is 0. The molecule has 2 aromatic carbocycles. The fraction of sp³-hybridized carbons (Fsp3) is 0.444. The Labute approximate surface area is 191 Å². The van der Waals surface area contributed by atoms with E-state index in [-0.39, 0.29) is 11.7 Å². The van der Waals surface area contributed by atoms with E-state index in [1.54, 1.807) is 0 Å². The number of aryl methyl sites for hydroxylation is 1. The number of benzene rings is 2. The van der Waals surface area contributed by atoms with Gasteiger partial charge in [0.2, 0.25) is 0 Å². The predicted molar refractivity (Wildman–Crippen MR) is 128 cm³/mol. The third-order valence-corrected chi connectivity index (χ3v) is 6.58. The van der Waals surface area contributed by atoms with E-state index >= 15 is 0 Å². The van der Waals surface area contributed by atoms with Gasteiger partial charge in [-0.25, -0.2) is 0 Å². The predicted octanol–water partition coefficient (Wildman–Crippen LogP) is 6.50. The zero-order valence-corrected chi connectivity index (χ0v) is 19.5. The molecule has 3 rings (SSSR count). The first-order valence-electron chi connectivity index (χ1n) is 11.3. The summed E-state index contributed by atoms with van der Waals surface area (Å²) in [5.41, 5.74) is 4.06. The molecular weight excluding hydrogens is 406 g/mol. The number of hydrogen-bond donors (Lipinski definition) is 2. The number of aliphatic hydroxyl groups is 1. The van der Waals surface area contributed by atoms with Crippen molar-refractivity contribution in [3.8, 4) is 0 Å². The van der Waals surface area contributed by atoms with Crippen molar-refractivity contribution >= 4 is 17.4 Å². The summed E-state index contributed by atoms with van der Waals surface area (Å²) in [5.74, 6) is 0.707. The van der Waals surface area contributed by atoms with E-state index in [1.165, 1.54) is 5.56 Å². The van der Waals surface area contributed by atoms with Gasteiger partial charge in [-0.2, -0.15) is 0 Å². The smallest absolute Gasteiger partial charge is 0.175 e. The first-order valence-corrected chi connectivity index (χ1v) is 11.7. The van der Waals surface area contributed by atoms with Crippen LogP contribution in [-0.4, -0.2) is 16.9 Å². The number of carbonyl (C=O) groups excluding carboxylic acids is 1. The van der Waals surface area contributed by atoms with Gasteiger partial charge in [0.25, 0.3) is 0 Å². The fourth-order valence-corrected chi connectivity index (χ4v) is 4.59. The molecular formula is C27H34ClNO2. The van der Waals surface area contributed by atoms with Crippen LogP contribution in [-0.2, 0) is 4.79 Å². The molecule has 0 bridgehead atoms. The Morgan fingerprint density at radius 3 is 2.48 bits per heavy atom. The van der Waals surface area contributed by atoms with Crippen LogP contribution < -0.4 is 5.32 Å². The van der Waals surface area contributed by atoms with Gasteiger partial charge < -0.3 is 5.11 Å². The van der Waals surface area contributed by atoms with Crippen LogP contribution in [0.1, 0.15) is 74.8 Å². The molecule has 2 aromatic rings. The molecule has 166 valence electrons. The molecule has 0 aliphatic heterocycles. The molecule has 31 heavy (non-hydrogen) atoms. The van der Waals surface area contributed by atoms with Gasteiger partial charge in [0.1, 0.15) is 6.23 Å². The Morgan fingerprint density at radius 2 is 1.81 bits per heavy atom. The molecule has 3 nitrogen and oxygen atoms in total. The maximum Gasteiger partial charge on any atom is 0.175 e. The van der Waals surface area contributed by atoms with Gasteiger partial charge in [-0.1, -0.05) is 67.9 Å². The van der Waals surface area contributed by atoms with E-state index in [0.717, 1.165) is 53.8 Å². The number of nitrogens with one attached hydrogen (secondary N) is 1. The number of rotatable bonds is 7. The lowest BCUT2D eigenvalue weighted by molar-refractivity contribution is -0.119. The van der Waals surface area contributed by atoms with Gasteiger partial charge in [0.15, 0.2) is 5.78 Å². The maximum atomic E-state index is 13.4. The molecule has 0 saturated heterocycles. The zero-order valence-electron chi connectivity index (χ0n) is 18.8. The largest absolute Gasteiger partial charge is 0.374 e. The quantitative estimate of drug-likeness (QED) is 0.484. The second-order valence-corrected chi connectivity index (χ2v) is 9.40. The summed E-state index contributed by atoms with van der Waals surface area (Å²) >= 11 is 6.03. The molecule has 0 aromatic heterocycles. The Morgan fingerprint density at radius 1 is 1.10 bits per heavy atom. The van der Waals surface area contributed by atoms with E-state index in [4.69, 9.17) is 11.6 Å². The van der Waals surface area contributed by atoms with Crippen LogP contribution in [0.15, 0.2) is 60.2 Å². The molecule has 1 aliphatic rings. The molecule has 2 N–H and O–H groups in total. The average molecular weight is 440 g/mol. The summed E-state index contributed by atoms with van der Waals surface area (Å²) in [6.07, 6.45) is 6.02. The lowest BCUT2D eigenvalue weighted by Gasteiger charge is -2.27. The number of Topliss-reactive ketones (excluding diaryl/α,β-unsaturated/α-hetero) is 1. The summed E-state index contributed by atoms with van der Waals surface area (Å²) in [7, 11) is 0. The Hall–Kier alpha value is -1.94. The Kier molecular flexibility index (Phi) is 8.48. The first-order chi connectivity index (χ1) is 14.9. The van der Waals surface area contributed by atoms with E-state index in [0.29, 0.717) is 5.92 Å². The lowest BCUT2D eigenvalue weighted by atomic mass is 9.84. The van der Waals surface area contributed by atoms with Crippen LogP contribution in [0.3, 0.4) is 0 Å². The van der Waals surface area contributed by atoms with Crippen molar-refractivity contribution in [3.63, 3.8) is 0 Å². The molecule has 3 atom stereocenters. The number of aliphatic hydroxyl groups excluding tert-OH is 1. The molecule has 0 amide bonds. The monoisotopic (exact) mass is 439 g/mol. The number of halogens is 1. The van der Waals surface area contributed by atoms with Gasteiger partial charge in [-0.05, 0) is 85.3 Å². The second kappa shape index (κ2) is 11.1. The highest BCUT2D eigenvalue weighted by atomic mass is 35.5. The van der Waals surface area contributed by atoms with E-state index in [2.05, 4.69) is 23.5 Å². The number of ketones is 1. The fourth-order valence-electron chi connectivity index (χ4n) is 4.46. The highest BCUT2D eigenvalue weighted by molar-refractivity contribution is 6.30. The van der Waals surface area contributed by atoms with Crippen LogP contribution >= 0.6 is 11.6 Å². The SMILES string of the molecule is Cc1ccccc1[C@@H](O)N[C@@H](C(=O)/C1=C\CCC(c2ccc(Cl)cc2)CCC1)C(C)C. The molecule has 0 radical (unpaired) electrons. The minimum Gasteiger partial charge on any atom is -0.374 e. The third kappa shape index (κ3) is 6.29. The summed E-state index contributed by atoms with van der Waals surface area (Å²) in [6, 6.07) is 15.5. The lowest BCUT2D eigenvalue weighted by Crippen LogP contribution is -2.44. The van der Waals surface area contributed by atoms with Crippen LogP contribution in [0.25, 0.3) is 0 Å². The number of carbonyl (C=O) groups is 1. The van der Waals surface area contributed by atoms with Crippen molar-refractivity contribution in [2.45, 2.75) is 71.1 Å². The normalized spacial score (nSPS) is 21.0. The van der Waals surface area contributed by atoms with E-state index in [9.17, 15) is 9.90 Å². The first kappa shape index (κ1) is 23.7. The Bertz CT molecular complexity index is 904. The number of hydrogen-bond acceptors (Lipinski definition) is 3. The van der Waals surface area contributed by atoms with Crippen LogP contribution in [0, 0.1) is 12.8 Å². The molecule has 0 fully saturated rings. The van der Waals surface area contributed by atoms with Gasteiger partial charge in [0.05, 0.1) is 6.04 Å². The van der Waals surface area contributed by atoms with E-state index in [1.807, 2.05) is 57.2 Å². The average Bonchev–Trinajstić information content (AvgIpc) is 2.72. The maximum absolute atomic E-state index is 13.4. The van der Waals surface area contributed by atoms with Crippen molar-refractivity contribution in [2.75, 3.05) is 0 Å². The Balaban J connectivity index is 1.68. The topological polar surface area (TPSA) is 49.3 Å². The third-order valence-electron chi connectivity index (χ3n) is 6.33. The standard InChI is InChI=1S/C27H34ClNO2/c1-18(2)25(29-27(31)24-13-5-4-8-19(24)3)26(30)22-11-6-9-20(10-7-12-22)21-14-16-23(28)17-15-21/h4-5,8,11,13-18,20,25,27,29,31H,6-7,9-10,12H2,1-3H3/b22-11-/t20?,25-,27-/m1/s1. The summed E-state index contributed by atoms with van der Waals surface area (Å²) in [5, 5.41) is 14.7. The summed E-state index contributed by atoms with van der Waals surface area (Å²) in [6.45, 7) is 6.03. The van der Waals surface area contributed by atoms with Gasteiger partial charge >= 0.3 is 0 Å². The van der Waals surface area contributed by atoms with Crippen molar-refractivity contribution in [3.05, 3.63) is 81.9 Å². The molecule has 0 saturated carbocycles. The van der Waals surface area contributed by atoms with Crippen LogP contribution in [0.5, 0.6) is 0 Å². The molecule has 0 spiro atoms. The molecule has 4 heteroatoms. The number of allylic oxidation sites excluding steroid dienone is 1. The second-order valence-electron chi connectivity index (χ2n) is 8.96. The van der Waals surface area contributed by atoms with Crippen molar-refractivity contribution in [1.29, 1.82) is 0 Å². The van der Waals surface area contributed by atoms with Crippen molar-refractivity contribution in [2.24, 2.45) is 5.92 Å². The van der Waals surface area contributed by atoms with Crippen LogP contribution in [0.2, 0.25) is 5.02 Å². The minimum absolute atomic E-state index is 0.0827. The van der Waals surface area contributed by atoms with Crippen LogP contribution in [0.4, 0.5) is 0 Å². The van der Waals surface area contributed by atoms with Crippen molar-refractivity contribution < 1.29 is 9.90 Å². The zero-order chi connectivity index (χ0) is 22.4. The van der Waals surface area contributed by atoms with Gasteiger partial charge in [-0.15, -0.1) is 0 Å². The van der Waals surface area contributed by atoms with Gasteiger partial charge in [0, 0.05) is 5.02 Å². The minimum atomic E-state index is -0.860. The van der Waals surface area contributed by atoms with Gasteiger partial charge in [-0.3, -0.25) is 10.1 Å². The molecule has 0 heterocycles. The molecule has 1 unspecified atom stereocenters. The summed E-state index contributed by atoms with van der Waals surface area (Å²) in [4.78, 5) is 13.4. The molecule has 1 aliphatic carbocycles. The highest BCUT2D eigenvalue weighted by Gasteiger charge is 2.28.